The zero-order valence-corrected chi connectivity index (χ0v) is 18.7. The molecular weight excluding hydrogens is 449 g/mol. The fourth-order valence-corrected chi connectivity index (χ4v) is 3.56. The van der Waals surface area contributed by atoms with Crippen molar-refractivity contribution in [2.24, 2.45) is 5.10 Å². The fourth-order valence-electron chi connectivity index (χ4n) is 2.90. The molecule has 1 N–H and O–H groups in total. The summed E-state index contributed by atoms with van der Waals surface area (Å²) < 4.78 is 26.4. The van der Waals surface area contributed by atoms with Crippen molar-refractivity contribution in [3.63, 3.8) is 0 Å². The average Bonchev–Trinajstić information content (AvgIpc) is 3.53. The SMILES string of the molecule is CCOC(=O)Cc1csc(NN=Cc2ccc(F)c(-c3noc(Cn4ccnc4C)n3)c2)n1. The van der Waals surface area contributed by atoms with Crippen LogP contribution in [0.5, 0.6) is 0 Å². The molecule has 0 saturated carbocycles. The van der Waals surface area contributed by atoms with E-state index in [9.17, 15) is 9.18 Å². The summed E-state index contributed by atoms with van der Waals surface area (Å²) in [4.78, 5) is 24.2. The number of aromatic nitrogens is 5. The highest BCUT2D eigenvalue weighted by Crippen LogP contribution is 2.22. The van der Waals surface area contributed by atoms with Gasteiger partial charge in [0, 0.05) is 17.8 Å². The maximum Gasteiger partial charge on any atom is 0.311 e. The lowest BCUT2D eigenvalue weighted by molar-refractivity contribution is -0.142. The topological polar surface area (TPSA) is 120 Å². The second-order valence-corrected chi connectivity index (χ2v) is 7.71. The number of anilines is 1. The van der Waals surface area contributed by atoms with Crippen LogP contribution in [-0.2, 0) is 22.5 Å². The molecular formula is C21H20FN7O3S. The molecule has 4 aromatic rings. The zero-order chi connectivity index (χ0) is 23.2. The minimum atomic E-state index is -0.477. The van der Waals surface area contributed by atoms with E-state index >= 15 is 0 Å². The molecule has 0 aliphatic carbocycles. The summed E-state index contributed by atoms with van der Waals surface area (Å²) in [6, 6.07) is 4.47. The van der Waals surface area contributed by atoms with Crippen molar-refractivity contribution < 1.29 is 18.4 Å². The summed E-state index contributed by atoms with van der Waals surface area (Å²) >= 11 is 1.31. The van der Waals surface area contributed by atoms with E-state index < -0.39 is 5.82 Å². The first-order valence-corrected chi connectivity index (χ1v) is 10.9. The van der Waals surface area contributed by atoms with Crippen molar-refractivity contribution in [1.82, 2.24) is 24.7 Å². The van der Waals surface area contributed by atoms with E-state index in [2.05, 4.69) is 30.6 Å². The molecule has 0 unspecified atom stereocenters. The lowest BCUT2D eigenvalue weighted by Crippen LogP contribution is -2.07. The van der Waals surface area contributed by atoms with E-state index in [0.29, 0.717) is 35.4 Å². The van der Waals surface area contributed by atoms with Gasteiger partial charge in [0.15, 0.2) is 0 Å². The summed E-state index contributed by atoms with van der Waals surface area (Å²) in [7, 11) is 0. The molecule has 0 bridgehead atoms. The molecule has 33 heavy (non-hydrogen) atoms. The Morgan fingerprint density at radius 3 is 3.06 bits per heavy atom. The van der Waals surface area contributed by atoms with Crippen LogP contribution in [0, 0.1) is 12.7 Å². The number of ether oxygens (including phenoxy) is 1. The minimum Gasteiger partial charge on any atom is -0.466 e. The van der Waals surface area contributed by atoms with Gasteiger partial charge in [-0.05, 0) is 31.5 Å². The van der Waals surface area contributed by atoms with Gasteiger partial charge in [0.2, 0.25) is 16.8 Å². The maximum atomic E-state index is 14.4. The second kappa shape index (κ2) is 10.1. The normalized spacial score (nSPS) is 11.2. The average molecular weight is 470 g/mol. The molecule has 170 valence electrons. The molecule has 0 saturated heterocycles. The summed E-state index contributed by atoms with van der Waals surface area (Å²) in [5.41, 5.74) is 4.22. The Morgan fingerprint density at radius 1 is 1.39 bits per heavy atom. The molecule has 4 rings (SSSR count). The number of thiazole rings is 1. The number of carbonyl (C=O) groups excluding carboxylic acids is 1. The first-order valence-electron chi connectivity index (χ1n) is 10.0. The van der Waals surface area contributed by atoms with Crippen LogP contribution < -0.4 is 5.43 Å². The van der Waals surface area contributed by atoms with Crippen molar-refractivity contribution in [2.45, 2.75) is 26.8 Å². The molecule has 0 aliphatic rings. The van der Waals surface area contributed by atoms with Gasteiger partial charge >= 0.3 is 5.97 Å². The first-order chi connectivity index (χ1) is 16.0. The highest BCUT2D eigenvalue weighted by atomic mass is 32.1. The van der Waals surface area contributed by atoms with Crippen molar-refractivity contribution >= 4 is 28.7 Å². The smallest absolute Gasteiger partial charge is 0.311 e. The molecule has 10 nitrogen and oxygen atoms in total. The van der Waals surface area contributed by atoms with Crippen molar-refractivity contribution in [3.05, 3.63) is 64.8 Å². The Bertz CT molecular complexity index is 1280. The highest BCUT2D eigenvalue weighted by Gasteiger charge is 2.14. The van der Waals surface area contributed by atoms with E-state index in [0.717, 1.165) is 5.82 Å². The summed E-state index contributed by atoms with van der Waals surface area (Å²) in [5.74, 6) is 0.483. The van der Waals surface area contributed by atoms with Crippen LogP contribution in [0.25, 0.3) is 11.4 Å². The number of aryl methyl sites for hydroxylation is 1. The molecule has 3 heterocycles. The number of benzene rings is 1. The standard InChI is InChI=1S/C21H20FN7O3S/c1-3-31-19(30)9-15-12-33-21(25-15)27-24-10-14-4-5-17(22)16(8-14)20-26-18(32-28-20)11-29-7-6-23-13(29)2/h4-8,10,12H,3,9,11H2,1-2H3,(H,25,27). The third-order valence-electron chi connectivity index (χ3n) is 4.48. The number of carbonyl (C=O) groups is 1. The number of halogens is 1. The van der Waals surface area contributed by atoms with Gasteiger partial charge in [0.1, 0.15) is 18.2 Å². The highest BCUT2D eigenvalue weighted by molar-refractivity contribution is 7.13. The number of hydrogen-bond acceptors (Lipinski definition) is 10. The van der Waals surface area contributed by atoms with E-state index in [1.165, 1.54) is 23.6 Å². The number of rotatable bonds is 9. The summed E-state index contributed by atoms with van der Waals surface area (Å²) in [5, 5.41) is 10.3. The van der Waals surface area contributed by atoms with Crippen molar-refractivity contribution in [3.8, 4) is 11.4 Å². The molecule has 0 fully saturated rings. The molecule has 0 atom stereocenters. The summed E-state index contributed by atoms with van der Waals surface area (Å²) in [6.45, 7) is 4.28. The Kier molecular flexibility index (Phi) is 6.83. The lowest BCUT2D eigenvalue weighted by atomic mass is 10.1. The third kappa shape index (κ3) is 5.66. The van der Waals surface area contributed by atoms with Crippen LogP contribution in [0.1, 0.15) is 29.9 Å². The number of esters is 1. The quantitative estimate of drug-likeness (QED) is 0.225. The molecule has 0 aliphatic heterocycles. The van der Waals surface area contributed by atoms with Gasteiger partial charge in [0.25, 0.3) is 0 Å². The maximum absolute atomic E-state index is 14.4. The van der Waals surface area contributed by atoms with E-state index in [1.54, 1.807) is 36.8 Å². The first kappa shape index (κ1) is 22.3. The van der Waals surface area contributed by atoms with Gasteiger partial charge in [-0.2, -0.15) is 10.1 Å². The Hall–Kier alpha value is -3.93. The lowest BCUT2D eigenvalue weighted by Gasteiger charge is -2.00. The van der Waals surface area contributed by atoms with Crippen LogP contribution >= 0.6 is 11.3 Å². The molecule has 0 spiro atoms. The summed E-state index contributed by atoms with van der Waals surface area (Å²) in [6.07, 6.45) is 5.09. The van der Waals surface area contributed by atoms with Gasteiger partial charge in [0.05, 0.1) is 30.5 Å². The molecule has 12 heteroatoms. The molecule has 0 radical (unpaired) electrons. The predicted molar refractivity (Wildman–Crippen MR) is 119 cm³/mol. The van der Waals surface area contributed by atoms with Crippen LogP contribution in [0.4, 0.5) is 9.52 Å². The second-order valence-electron chi connectivity index (χ2n) is 6.85. The van der Waals surface area contributed by atoms with E-state index in [4.69, 9.17) is 9.26 Å². The largest absolute Gasteiger partial charge is 0.466 e. The Balaban J connectivity index is 1.41. The van der Waals surface area contributed by atoms with E-state index in [-0.39, 0.29) is 23.8 Å². The number of nitrogens with zero attached hydrogens (tertiary/aromatic N) is 6. The van der Waals surface area contributed by atoms with Gasteiger partial charge in [-0.3, -0.25) is 10.2 Å². The molecule has 1 aromatic carbocycles. The molecule has 0 amide bonds. The van der Waals surface area contributed by atoms with Crippen LogP contribution in [-0.4, -0.2) is 43.5 Å². The van der Waals surface area contributed by atoms with Gasteiger partial charge in [-0.15, -0.1) is 11.3 Å². The monoisotopic (exact) mass is 469 g/mol. The van der Waals surface area contributed by atoms with Crippen LogP contribution in [0.15, 0.2) is 45.6 Å². The number of hydrogen-bond donors (Lipinski definition) is 1. The number of nitrogens with one attached hydrogen (secondary N) is 1. The van der Waals surface area contributed by atoms with Gasteiger partial charge in [-0.1, -0.05) is 11.2 Å². The van der Waals surface area contributed by atoms with E-state index in [1.807, 2.05) is 11.5 Å². The zero-order valence-electron chi connectivity index (χ0n) is 17.9. The van der Waals surface area contributed by atoms with Crippen LogP contribution in [0.3, 0.4) is 0 Å². The number of imidazole rings is 1. The third-order valence-corrected chi connectivity index (χ3v) is 5.28. The van der Waals surface area contributed by atoms with Crippen molar-refractivity contribution in [2.75, 3.05) is 12.0 Å². The Labute approximate surface area is 192 Å². The fraction of sp³-hybridized carbons (Fsp3) is 0.238. The number of hydrazone groups is 1. The minimum absolute atomic E-state index is 0.101. The predicted octanol–water partition coefficient (Wildman–Crippen LogP) is 3.44. The van der Waals surface area contributed by atoms with Gasteiger partial charge < -0.3 is 13.8 Å². The van der Waals surface area contributed by atoms with Crippen LogP contribution in [0.2, 0.25) is 0 Å². The Morgan fingerprint density at radius 2 is 2.27 bits per heavy atom. The van der Waals surface area contributed by atoms with Gasteiger partial charge in [-0.25, -0.2) is 14.4 Å². The molecule has 3 aromatic heterocycles. The van der Waals surface area contributed by atoms with Crippen molar-refractivity contribution in [1.29, 1.82) is 0 Å².